The molecule has 0 saturated carbocycles. The highest BCUT2D eigenvalue weighted by Gasteiger charge is 2.32. The molecule has 0 bridgehead atoms. The van der Waals surface area contributed by atoms with Crippen LogP contribution in [0.2, 0.25) is 0 Å². The molecule has 5 nitrogen and oxygen atoms in total. The standard InChI is InChI=1S/C15H28N2O3/c1-12-8-6-5-7-10-16(12)14(20)17(15(2,3)4)11-9-13(18)19/h12H,5-11H2,1-4H3,(H,18,19). The molecule has 1 aliphatic heterocycles. The fraction of sp³-hybridized carbons (Fsp3) is 0.867. The second-order valence-electron chi connectivity index (χ2n) is 6.64. The monoisotopic (exact) mass is 284 g/mol. The van der Waals surface area contributed by atoms with Crippen molar-refractivity contribution in [3.63, 3.8) is 0 Å². The van der Waals surface area contributed by atoms with E-state index in [2.05, 4.69) is 6.92 Å². The molecular formula is C15H28N2O3. The van der Waals surface area contributed by atoms with E-state index < -0.39 is 5.97 Å². The van der Waals surface area contributed by atoms with Gasteiger partial charge in [-0.05, 0) is 40.5 Å². The number of rotatable bonds is 3. The third-order valence-electron chi connectivity index (χ3n) is 3.89. The second-order valence-corrected chi connectivity index (χ2v) is 6.64. The Kier molecular flexibility index (Phi) is 5.84. The van der Waals surface area contributed by atoms with E-state index in [1.165, 1.54) is 6.42 Å². The maximum atomic E-state index is 12.8. The minimum absolute atomic E-state index is 0.00870. The van der Waals surface area contributed by atoms with Crippen LogP contribution in [0.3, 0.4) is 0 Å². The summed E-state index contributed by atoms with van der Waals surface area (Å²) in [5, 5.41) is 8.87. The zero-order chi connectivity index (χ0) is 15.3. The van der Waals surface area contributed by atoms with Gasteiger partial charge in [0.15, 0.2) is 0 Å². The van der Waals surface area contributed by atoms with Gasteiger partial charge in [0.05, 0.1) is 6.42 Å². The predicted octanol–water partition coefficient (Wildman–Crippen LogP) is 2.95. The van der Waals surface area contributed by atoms with E-state index >= 15 is 0 Å². The molecule has 5 heteroatoms. The van der Waals surface area contributed by atoms with Crippen LogP contribution in [0.4, 0.5) is 4.79 Å². The van der Waals surface area contributed by atoms with Crippen LogP contribution in [0.25, 0.3) is 0 Å². The first-order chi connectivity index (χ1) is 9.23. The Balaban J connectivity index is 2.82. The van der Waals surface area contributed by atoms with Crippen molar-refractivity contribution >= 4 is 12.0 Å². The van der Waals surface area contributed by atoms with Crippen molar-refractivity contribution < 1.29 is 14.7 Å². The number of carbonyl (C=O) groups excluding carboxylic acids is 1. The number of carboxylic acid groups (broad SMARTS) is 1. The van der Waals surface area contributed by atoms with E-state index in [-0.39, 0.29) is 30.6 Å². The van der Waals surface area contributed by atoms with Gasteiger partial charge in [0.25, 0.3) is 0 Å². The molecule has 2 amide bonds. The molecule has 0 spiro atoms. The lowest BCUT2D eigenvalue weighted by Crippen LogP contribution is -2.54. The molecule has 116 valence electrons. The Morgan fingerprint density at radius 3 is 2.45 bits per heavy atom. The number of hydrogen-bond acceptors (Lipinski definition) is 2. The molecule has 1 saturated heterocycles. The van der Waals surface area contributed by atoms with Crippen LogP contribution in [0.5, 0.6) is 0 Å². The fourth-order valence-electron chi connectivity index (χ4n) is 2.64. The van der Waals surface area contributed by atoms with Gasteiger partial charge in [-0.15, -0.1) is 0 Å². The minimum atomic E-state index is -0.865. The smallest absolute Gasteiger partial charge is 0.320 e. The molecule has 1 unspecified atom stereocenters. The highest BCUT2D eigenvalue weighted by molar-refractivity contribution is 5.76. The number of amides is 2. The number of hydrogen-bond donors (Lipinski definition) is 1. The molecule has 1 heterocycles. The molecule has 0 radical (unpaired) electrons. The highest BCUT2D eigenvalue weighted by Crippen LogP contribution is 2.22. The normalized spacial score (nSPS) is 20.4. The molecule has 20 heavy (non-hydrogen) atoms. The molecule has 0 aromatic carbocycles. The van der Waals surface area contributed by atoms with E-state index in [1.807, 2.05) is 25.7 Å². The molecule has 1 N–H and O–H groups in total. The quantitative estimate of drug-likeness (QED) is 0.866. The van der Waals surface area contributed by atoms with Gasteiger partial charge in [0.2, 0.25) is 0 Å². The molecule has 1 fully saturated rings. The van der Waals surface area contributed by atoms with Gasteiger partial charge in [0.1, 0.15) is 0 Å². The van der Waals surface area contributed by atoms with Gasteiger partial charge in [0, 0.05) is 24.7 Å². The molecule has 1 rings (SSSR count). The average Bonchev–Trinajstić information content (AvgIpc) is 2.51. The van der Waals surface area contributed by atoms with Crippen molar-refractivity contribution in [1.29, 1.82) is 0 Å². The highest BCUT2D eigenvalue weighted by atomic mass is 16.4. The van der Waals surface area contributed by atoms with Crippen LogP contribution in [0, 0.1) is 0 Å². The number of carbonyl (C=O) groups is 2. The summed E-state index contributed by atoms with van der Waals surface area (Å²) in [4.78, 5) is 27.2. The Bertz CT molecular complexity index is 350. The van der Waals surface area contributed by atoms with E-state index in [1.54, 1.807) is 4.90 Å². The summed E-state index contributed by atoms with van der Waals surface area (Å²) in [5.41, 5.74) is -0.363. The topological polar surface area (TPSA) is 60.9 Å². The number of likely N-dealkylation sites (tertiary alicyclic amines) is 1. The van der Waals surface area contributed by atoms with Crippen molar-refractivity contribution in [3.05, 3.63) is 0 Å². The van der Waals surface area contributed by atoms with Crippen LogP contribution in [-0.4, -0.2) is 51.6 Å². The summed E-state index contributed by atoms with van der Waals surface area (Å²) in [5.74, 6) is -0.865. The van der Waals surface area contributed by atoms with E-state index in [9.17, 15) is 9.59 Å². The van der Waals surface area contributed by atoms with Crippen LogP contribution in [0.1, 0.15) is 59.8 Å². The number of nitrogens with zero attached hydrogens (tertiary/aromatic N) is 2. The van der Waals surface area contributed by atoms with Crippen LogP contribution >= 0.6 is 0 Å². The van der Waals surface area contributed by atoms with Crippen molar-refractivity contribution in [3.8, 4) is 0 Å². The molecule has 0 aromatic heterocycles. The first-order valence-corrected chi connectivity index (χ1v) is 7.53. The third-order valence-corrected chi connectivity index (χ3v) is 3.89. The Morgan fingerprint density at radius 2 is 1.90 bits per heavy atom. The van der Waals surface area contributed by atoms with Gasteiger partial charge in [-0.25, -0.2) is 4.79 Å². The second kappa shape index (κ2) is 6.95. The maximum Gasteiger partial charge on any atom is 0.320 e. The molecular weight excluding hydrogens is 256 g/mol. The lowest BCUT2D eigenvalue weighted by Gasteiger charge is -2.40. The van der Waals surface area contributed by atoms with Gasteiger partial charge in [-0.1, -0.05) is 12.8 Å². The summed E-state index contributed by atoms with van der Waals surface area (Å²) in [6.45, 7) is 8.99. The summed E-state index contributed by atoms with van der Waals surface area (Å²) in [6, 6.07) is 0.216. The van der Waals surface area contributed by atoms with Crippen molar-refractivity contribution in [2.75, 3.05) is 13.1 Å². The third kappa shape index (κ3) is 4.69. The molecule has 0 aliphatic carbocycles. The van der Waals surface area contributed by atoms with Crippen LogP contribution in [-0.2, 0) is 4.79 Å². The van der Waals surface area contributed by atoms with Crippen molar-refractivity contribution in [1.82, 2.24) is 9.80 Å². The lowest BCUT2D eigenvalue weighted by atomic mass is 10.1. The predicted molar refractivity (Wildman–Crippen MR) is 78.7 cm³/mol. The van der Waals surface area contributed by atoms with Crippen molar-refractivity contribution in [2.24, 2.45) is 0 Å². The van der Waals surface area contributed by atoms with Gasteiger partial charge in [-0.3, -0.25) is 4.79 Å². The van der Waals surface area contributed by atoms with E-state index in [4.69, 9.17) is 5.11 Å². The SMILES string of the molecule is CC1CCCCCN1C(=O)N(CCC(=O)O)C(C)(C)C. The first-order valence-electron chi connectivity index (χ1n) is 7.53. The number of urea groups is 1. The Morgan fingerprint density at radius 1 is 1.25 bits per heavy atom. The molecule has 1 aliphatic rings. The van der Waals surface area contributed by atoms with Gasteiger partial charge >= 0.3 is 12.0 Å². The summed E-state index contributed by atoms with van der Waals surface area (Å²) in [7, 11) is 0. The van der Waals surface area contributed by atoms with Crippen LogP contribution < -0.4 is 0 Å². The van der Waals surface area contributed by atoms with Crippen molar-refractivity contribution in [2.45, 2.75) is 71.4 Å². The zero-order valence-corrected chi connectivity index (χ0v) is 13.2. The number of carboxylic acids is 1. The maximum absolute atomic E-state index is 12.8. The van der Waals surface area contributed by atoms with Gasteiger partial charge in [-0.2, -0.15) is 0 Å². The Hall–Kier alpha value is -1.26. The Labute approximate surface area is 121 Å². The molecule has 0 aromatic rings. The van der Waals surface area contributed by atoms with Gasteiger partial charge < -0.3 is 14.9 Å². The zero-order valence-electron chi connectivity index (χ0n) is 13.2. The first kappa shape index (κ1) is 16.8. The lowest BCUT2D eigenvalue weighted by molar-refractivity contribution is -0.137. The van der Waals surface area contributed by atoms with Crippen LogP contribution in [0.15, 0.2) is 0 Å². The summed E-state index contributed by atoms with van der Waals surface area (Å²) >= 11 is 0. The molecule has 1 atom stereocenters. The van der Waals surface area contributed by atoms with E-state index in [0.717, 1.165) is 25.8 Å². The fourth-order valence-corrected chi connectivity index (χ4v) is 2.64. The average molecular weight is 284 g/mol. The number of aliphatic carboxylic acids is 1. The van der Waals surface area contributed by atoms with E-state index in [0.29, 0.717) is 0 Å². The summed E-state index contributed by atoms with van der Waals surface area (Å²) in [6.07, 6.45) is 4.38. The summed E-state index contributed by atoms with van der Waals surface area (Å²) < 4.78 is 0. The minimum Gasteiger partial charge on any atom is -0.481 e. The largest absolute Gasteiger partial charge is 0.481 e.